The van der Waals surface area contributed by atoms with Crippen molar-refractivity contribution in [2.24, 2.45) is 0 Å². The molecule has 152 valence electrons. The van der Waals surface area contributed by atoms with E-state index in [4.69, 9.17) is 28.5 Å². The number of nitriles is 1. The van der Waals surface area contributed by atoms with Crippen molar-refractivity contribution < 1.29 is 9.59 Å². The number of nitrogens with one attached hydrogen (secondary N) is 2. The maximum absolute atomic E-state index is 12.4. The van der Waals surface area contributed by atoms with Crippen LogP contribution in [0.25, 0.3) is 0 Å². The molecule has 0 saturated heterocycles. The Balaban J connectivity index is 1.94. The van der Waals surface area contributed by atoms with Crippen LogP contribution in [-0.2, 0) is 9.59 Å². The zero-order chi connectivity index (χ0) is 21.2. The van der Waals surface area contributed by atoms with Gasteiger partial charge in [0.05, 0.1) is 41.3 Å². The summed E-state index contributed by atoms with van der Waals surface area (Å²) in [6.45, 7) is 2.45. The first-order valence-electron chi connectivity index (χ1n) is 8.78. The lowest BCUT2D eigenvalue weighted by atomic mass is 10.3. The van der Waals surface area contributed by atoms with Crippen LogP contribution in [0.4, 0.5) is 11.4 Å². The first-order valence-corrected chi connectivity index (χ1v) is 10.5. The Morgan fingerprint density at radius 3 is 2.38 bits per heavy atom. The van der Waals surface area contributed by atoms with Crippen molar-refractivity contribution in [1.82, 2.24) is 4.90 Å². The Kier molecular flexibility index (Phi) is 9.29. The molecule has 6 nitrogen and oxygen atoms in total. The van der Waals surface area contributed by atoms with E-state index in [0.29, 0.717) is 33.7 Å². The predicted octanol–water partition coefficient (Wildman–Crippen LogP) is 4.51. The Hall–Kier alpha value is -2.24. The number of anilines is 2. The number of hydrogen-bond acceptors (Lipinski definition) is 5. The van der Waals surface area contributed by atoms with Crippen molar-refractivity contribution in [1.29, 1.82) is 5.26 Å². The van der Waals surface area contributed by atoms with Gasteiger partial charge in [-0.15, -0.1) is 11.8 Å². The first-order chi connectivity index (χ1) is 13.9. The second kappa shape index (κ2) is 11.7. The molecule has 0 saturated carbocycles. The van der Waals surface area contributed by atoms with Crippen LogP contribution in [0.15, 0.2) is 47.4 Å². The number of rotatable bonds is 9. The quantitative estimate of drug-likeness (QED) is 0.548. The van der Waals surface area contributed by atoms with Crippen molar-refractivity contribution in [2.75, 3.05) is 36.0 Å². The first kappa shape index (κ1) is 23.0. The van der Waals surface area contributed by atoms with Crippen LogP contribution in [-0.4, -0.2) is 42.1 Å². The number of carbonyl (C=O) groups excluding carboxylic acids is 2. The van der Waals surface area contributed by atoms with E-state index in [0.717, 1.165) is 4.90 Å². The lowest BCUT2D eigenvalue weighted by Crippen LogP contribution is -2.38. The molecular weight excluding hydrogens is 431 g/mol. The van der Waals surface area contributed by atoms with E-state index in [-0.39, 0.29) is 24.9 Å². The van der Waals surface area contributed by atoms with E-state index in [1.54, 1.807) is 29.2 Å². The number of benzene rings is 2. The van der Waals surface area contributed by atoms with Crippen LogP contribution in [0.5, 0.6) is 0 Å². The molecule has 2 aromatic rings. The maximum Gasteiger partial charge on any atom is 0.238 e. The van der Waals surface area contributed by atoms with Crippen LogP contribution in [0.2, 0.25) is 10.0 Å². The Morgan fingerprint density at radius 2 is 1.72 bits per heavy atom. The predicted molar refractivity (Wildman–Crippen MR) is 119 cm³/mol. The molecule has 0 heterocycles. The van der Waals surface area contributed by atoms with Crippen molar-refractivity contribution in [3.63, 3.8) is 0 Å². The fourth-order valence-electron chi connectivity index (χ4n) is 2.46. The van der Waals surface area contributed by atoms with Crippen LogP contribution < -0.4 is 10.6 Å². The van der Waals surface area contributed by atoms with Gasteiger partial charge in [0.15, 0.2) is 0 Å². The number of hydrogen-bond donors (Lipinski definition) is 2. The fourth-order valence-corrected chi connectivity index (χ4v) is 3.47. The zero-order valence-corrected chi connectivity index (χ0v) is 18.1. The van der Waals surface area contributed by atoms with Crippen molar-refractivity contribution in [3.8, 4) is 6.07 Å². The third kappa shape index (κ3) is 7.59. The van der Waals surface area contributed by atoms with E-state index in [1.807, 2.05) is 25.1 Å². The highest BCUT2D eigenvalue weighted by Gasteiger charge is 2.15. The molecule has 0 fully saturated rings. The zero-order valence-electron chi connectivity index (χ0n) is 15.7. The van der Waals surface area contributed by atoms with Gasteiger partial charge < -0.3 is 10.6 Å². The largest absolute Gasteiger partial charge is 0.324 e. The highest BCUT2D eigenvalue weighted by Crippen LogP contribution is 2.27. The van der Waals surface area contributed by atoms with Crippen LogP contribution in [0, 0.1) is 11.3 Å². The van der Waals surface area contributed by atoms with Crippen LogP contribution >= 0.6 is 35.0 Å². The summed E-state index contributed by atoms with van der Waals surface area (Å²) in [6.07, 6.45) is 0. The van der Waals surface area contributed by atoms with Crippen molar-refractivity contribution >= 4 is 58.2 Å². The van der Waals surface area contributed by atoms with E-state index in [2.05, 4.69) is 16.7 Å². The second-order valence-corrected chi connectivity index (χ2v) is 7.83. The number of nitrogens with zero attached hydrogens (tertiary/aromatic N) is 2. The Labute approximate surface area is 184 Å². The van der Waals surface area contributed by atoms with Gasteiger partial charge in [-0.05, 0) is 36.9 Å². The van der Waals surface area contributed by atoms with Crippen LogP contribution in [0.3, 0.4) is 0 Å². The minimum absolute atomic E-state index is 0.0254. The molecule has 0 aliphatic rings. The molecule has 9 heteroatoms. The second-order valence-electron chi connectivity index (χ2n) is 5.97. The van der Waals surface area contributed by atoms with Gasteiger partial charge in [-0.1, -0.05) is 42.3 Å². The van der Waals surface area contributed by atoms with Gasteiger partial charge in [0.1, 0.15) is 0 Å². The lowest BCUT2D eigenvalue weighted by Gasteiger charge is -2.20. The average molecular weight is 451 g/mol. The summed E-state index contributed by atoms with van der Waals surface area (Å²) in [7, 11) is 0. The van der Waals surface area contributed by atoms with Crippen LogP contribution in [0.1, 0.15) is 6.92 Å². The van der Waals surface area contributed by atoms with E-state index in [9.17, 15) is 9.59 Å². The number of likely N-dealkylation sites (N-methyl/N-ethyl adjacent to an activating group) is 1. The lowest BCUT2D eigenvalue weighted by molar-refractivity contribution is -0.119. The highest BCUT2D eigenvalue weighted by atomic mass is 35.5. The molecule has 2 aromatic carbocycles. The van der Waals surface area contributed by atoms with Gasteiger partial charge in [-0.2, -0.15) is 5.26 Å². The number of para-hydroxylation sites is 1. The molecule has 0 bridgehead atoms. The molecule has 2 rings (SSSR count). The van der Waals surface area contributed by atoms with Crippen molar-refractivity contribution in [3.05, 3.63) is 52.5 Å². The van der Waals surface area contributed by atoms with Gasteiger partial charge in [-0.25, -0.2) is 0 Å². The number of halogens is 2. The summed E-state index contributed by atoms with van der Waals surface area (Å²) in [4.78, 5) is 27.3. The van der Waals surface area contributed by atoms with Gasteiger partial charge in [-0.3, -0.25) is 14.5 Å². The summed E-state index contributed by atoms with van der Waals surface area (Å²) in [5.41, 5.74) is 1.07. The monoisotopic (exact) mass is 450 g/mol. The third-order valence-corrected chi connectivity index (χ3v) is 5.34. The van der Waals surface area contributed by atoms with E-state index in [1.165, 1.54) is 11.8 Å². The van der Waals surface area contributed by atoms with Gasteiger partial charge in [0.2, 0.25) is 11.8 Å². The molecule has 0 spiro atoms. The smallest absolute Gasteiger partial charge is 0.238 e. The summed E-state index contributed by atoms with van der Waals surface area (Å²) < 4.78 is 0. The number of carbonyl (C=O) groups is 2. The Bertz CT molecular complexity index is 918. The van der Waals surface area contributed by atoms with Gasteiger partial charge in [0, 0.05) is 9.92 Å². The molecule has 0 aliphatic carbocycles. The third-order valence-electron chi connectivity index (χ3n) is 3.84. The maximum atomic E-state index is 12.4. The van der Waals surface area contributed by atoms with Crippen molar-refractivity contribution in [2.45, 2.75) is 11.8 Å². The van der Waals surface area contributed by atoms with Gasteiger partial charge >= 0.3 is 0 Å². The SMILES string of the molecule is CCN(CC(=O)Nc1cc(Cl)ccc1Cl)CC(=O)Nc1ccccc1SCC#N. The molecule has 0 unspecified atom stereocenters. The topological polar surface area (TPSA) is 85.2 Å². The summed E-state index contributed by atoms with van der Waals surface area (Å²) >= 11 is 13.3. The molecule has 2 amide bonds. The minimum Gasteiger partial charge on any atom is -0.324 e. The minimum atomic E-state index is -0.297. The molecule has 29 heavy (non-hydrogen) atoms. The van der Waals surface area contributed by atoms with E-state index >= 15 is 0 Å². The summed E-state index contributed by atoms with van der Waals surface area (Å²) in [5.74, 6) is -0.251. The van der Waals surface area contributed by atoms with E-state index < -0.39 is 0 Å². The van der Waals surface area contributed by atoms with Gasteiger partial charge in [0.25, 0.3) is 0 Å². The highest BCUT2D eigenvalue weighted by molar-refractivity contribution is 7.99. The normalized spacial score (nSPS) is 10.4. The number of amides is 2. The summed E-state index contributed by atoms with van der Waals surface area (Å²) in [6, 6.07) is 14.2. The molecule has 0 atom stereocenters. The Morgan fingerprint density at radius 1 is 1.07 bits per heavy atom. The standard InChI is InChI=1S/C20H20Cl2N4O2S/c1-2-26(13-20(28)25-17-11-14(21)7-8-15(17)22)12-19(27)24-16-5-3-4-6-18(16)29-10-9-23/h3-8,11H,2,10,12-13H2,1H3,(H,24,27)(H,25,28). The number of thioether (sulfide) groups is 1. The molecule has 0 aliphatic heterocycles. The molecule has 0 aromatic heterocycles. The summed E-state index contributed by atoms with van der Waals surface area (Å²) in [5, 5.41) is 15.2. The molecule has 2 N–H and O–H groups in total. The average Bonchev–Trinajstić information content (AvgIpc) is 2.69. The molecule has 0 radical (unpaired) electrons. The fraction of sp³-hybridized carbons (Fsp3) is 0.250. The molecular formula is C20H20Cl2N4O2S.